The van der Waals surface area contributed by atoms with E-state index in [0.717, 1.165) is 18.4 Å². The van der Waals surface area contributed by atoms with Crippen molar-refractivity contribution in [2.45, 2.75) is 38.1 Å². The third-order valence-corrected chi connectivity index (χ3v) is 4.41. The van der Waals surface area contributed by atoms with Crippen LogP contribution in [0.1, 0.15) is 30.4 Å². The van der Waals surface area contributed by atoms with Gasteiger partial charge >= 0.3 is 12.3 Å². The summed E-state index contributed by atoms with van der Waals surface area (Å²) in [6.07, 6.45) is -2.13. The highest BCUT2D eigenvalue weighted by molar-refractivity contribution is 5.68. The molecule has 0 atom stereocenters. The van der Waals surface area contributed by atoms with Crippen molar-refractivity contribution in [2.75, 3.05) is 24.1 Å². The van der Waals surface area contributed by atoms with E-state index in [-0.39, 0.29) is 31.0 Å². The highest BCUT2D eigenvalue weighted by atomic mass is 19.4. The molecule has 1 heterocycles. The summed E-state index contributed by atoms with van der Waals surface area (Å²) in [6.45, 7) is 0.734. The minimum atomic E-state index is -4.59. The SMILES string of the molecule is Nc1ncc(C(F)(F)F)c(NCCCN(C(=O)OCc2ccccc2)C2CC2)n1. The molecule has 156 valence electrons. The minimum Gasteiger partial charge on any atom is -0.445 e. The molecular formula is C19H22F3N5O2. The van der Waals surface area contributed by atoms with E-state index in [1.807, 2.05) is 30.3 Å². The topological polar surface area (TPSA) is 93.4 Å². The first-order valence-corrected chi connectivity index (χ1v) is 9.25. The van der Waals surface area contributed by atoms with Crippen molar-refractivity contribution in [1.82, 2.24) is 14.9 Å². The predicted molar refractivity (Wildman–Crippen MR) is 101 cm³/mol. The van der Waals surface area contributed by atoms with Crippen LogP contribution in [0.4, 0.5) is 29.7 Å². The summed E-state index contributed by atoms with van der Waals surface area (Å²) in [4.78, 5) is 21.1. The molecule has 2 aromatic rings. The van der Waals surface area contributed by atoms with Crippen molar-refractivity contribution in [3.63, 3.8) is 0 Å². The molecule has 1 saturated carbocycles. The number of halogens is 3. The molecule has 0 radical (unpaired) electrons. The number of aromatic nitrogens is 2. The maximum Gasteiger partial charge on any atom is 0.421 e. The molecule has 1 aromatic carbocycles. The van der Waals surface area contributed by atoms with Crippen LogP contribution in [0.15, 0.2) is 36.5 Å². The third-order valence-electron chi connectivity index (χ3n) is 4.41. The Morgan fingerprint density at radius 2 is 2.00 bits per heavy atom. The molecule has 0 saturated heterocycles. The molecule has 1 aliphatic carbocycles. The van der Waals surface area contributed by atoms with Crippen LogP contribution in [0.25, 0.3) is 0 Å². The first kappa shape index (κ1) is 20.7. The van der Waals surface area contributed by atoms with Gasteiger partial charge in [0.05, 0.1) is 0 Å². The molecule has 1 aliphatic rings. The highest BCUT2D eigenvalue weighted by Crippen LogP contribution is 2.33. The maximum absolute atomic E-state index is 13.0. The zero-order valence-electron chi connectivity index (χ0n) is 15.7. The molecule has 0 bridgehead atoms. The predicted octanol–water partition coefficient (Wildman–Crippen LogP) is 3.68. The van der Waals surface area contributed by atoms with E-state index in [1.165, 1.54) is 0 Å². The van der Waals surface area contributed by atoms with Crippen LogP contribution in [-0.2, 0) is 17.5 Å². The molecule has 10 heteroatoms. The molecule has 0 aliphatic heterocycles. The number of nitrogen functional groups attached to an aromatic ring is 1. The monoisotopic (exact) mass is 409 g/mol. The van der Waals surface area contributed by atoms with Crippen molar-refractivity contribution >= 4 is 17.9 Å². The van der Waals surface area contributed by atoms with Crippen LogP contribution >= 0.6 is 0 Å². The van der Waals surface area contributed by atoms with E-state index in [0.29, 0.717) is 19.2 Å². The molecule has 1 amide bonds. The van der Waals surface area contributed by atoms with Gasteiger partial charge in [-0.1, -0.05) is 30.3 Å². The van der Waals surface area contributed by atoms with Crippen LogP contribution in [0.5, 0.6) is 0 Å². The zero-order chi connectivity index (χ0) is 20.9. The first-order chi connectivity index (χ1) is 13.8. The van der Waals surface area contributed by atoms with Gasteiger partial charge in [-0.05, 0) is 24.8 Å². The number of alkyl halides is 3. The summed E-state index contributed by atoms with van der Waals surface area (Å²) >= 11 is 0. The molecule has 0 spiro atoms. The Balaban J connectivity index is 1.50. The second-order valence-corrected chi connectivity index (χ2v) is 6.73. The quantitative estimate of drug-likeness (QED) is 0.646. The summed E-state index contributed by atoms with van der Waals surface area (Å²) in [5.41, 5.74) is 5.30. The lowest BCUT2D eigenvalue weighted by molar-refractivity contribution is -0.137. The molecular weight excluding hydrogens is 387 g/mol. The van der Waals surface area contributed by atoms with Gasteiger partial charge in [0.15, 0.2) is 0 Å². The molecule has 7 nitrogen and oxygen atoms in total. The number of amides is 1. The Morgan fingerprint density at radius 1 is 1.28 bits per heavy atom. The lowest BCUT2D eigenvalue weighted by Crippen LogP contribution is -2.35. The summed E-state index contributed by atoms with van der Waals surface area (Å²) in [6, 6.07) is 9.46. The number of nitrogens with one attached hydrogen (secondary N) is 1. The van der Waals surface area contributed by atoms with Crippen molar-refractivity contribution in [3.8, 4) is 0 Å². The summed E-state index contributed by atoms with van der Waals surface area (Å²) in [5, 5.41) is 2.64. The van der Waals surface area contributed by atoms with E-state index in [9.17, 15) is 18.0 Å². The second-order valence-electron chi connectivity index (χ2n) is 6.73. The van der Waals surface area contributed by atoms with E-state index < -0.39 is 17.8 Å². The highest BCUT2D eigenvalue weighted by Gasteiger charge is 2.35. The number of hydrogen-bond donors (Lipinski definition) is 2. The standard InChI is InChI=1S/C19H22F3N5O2/c20-19(21,22)15-11-25-17(23)26-16(15)24-9-4-10-27(14-7-8-14)18(28)29-12-13-5-2-1-3-6-13/h1-3,5-6,11,14H,4,7-10,12H2,(H3,23,24,25,26). The van der Waals surface area contributed by atoms with Gasteiger partial charge in [-0.2, -0.15) is 18.2 Å². The first-order valence-electron chi connectivity index (χ1n) is 9.25. The third kappa shape index (κ3) is 5.97. The van der Waals surface area contributed by atoms with Crippen LogP contribution in [0.2, 0.25) is 0 Å². The number of nitrogens with two attached hydrogens (primary N) is 1. The van der Waals surface area contributed by atoms with Crippen LogP contribution in [0, 0.1) is 0 Å². The van der Waals surface area contributed by atoms with Gasteiger partial charge in [-0.25, -0.2) is 9.78 Å². The number of anilines is 2. The Kier molecular flexibility index (Phi) is 6.40. The molecule has 1 fully saturated rings. The Labute approximate surface area is 166 Å². The van der Waals surface area contributed by atoms with E-state index in [4.69, 9.17) is 10.5 Å². The van der Waals surface area contributed by atoms with E-state index in [2.05, 4.69) is 15.3 Å². The van der Waals surface area contributed by atoms with Crippen LogP contribution in [-0.4, -0.2) is 40.1 Å². The summed E-state index contributed by atoms with van der Waals surface area (Å²) in [7, 11) is 0. The average Bonchev–Trinajstić information content (AvgIpc) is 3.51. The molecule has 1 aromatic heterocycles. The maximum atomic E-state index is 13.0. The number of hydrogen-bond acceptors (Lipinski definition) is 6. The van der Waals surface area contributed by atoms with Crippen molar-refractivity contribution < 1.29 is 22.7 Å². The number of ether oxygens (including phenoxy) is 1. The van der Waals surface area contributed by atoms with Crippen molar-refractivity contribution in [2.24, 2.45) is 0 Å². The Hall–Kier alpha value is -3.04. The van der Waals surface area contributed by atoms with Crippen molar-refractivity contribution in [1.29, 1.82) is 0 Å². The number of rotatable bonds is 8. The van der Waals surface area contributed by atoms with E-state index in [1.54, 1.807) is 4.90 Å². The van der Waals surface area contributed by atoms with Gasteiger partial charge in [0, 0.05) is 25.3 Å². The lowest BCUT2D eigenvalue weighted by Gasteiger charge is -2.22. The summed E-state index contributed by atoms with van der Waals surface area (Å²) in [5.74, 6) is -0.612. The van der Waals surface area contributed by atoms with Gasteiger partial charge in [0.2, 0.25) is 5.95 Å². The molecule has 29 heavy (non-hydrogen) atoms. The van der Waals surface area contributed by atoms with Crippen LogP contribution in [0.3, 0.4) is 0 Å². The average molecular weight is 409 g/mol. The van der Waals surface area contributed by atoms with Gasteiger partial charge in [0.1, 0.15) is 18.0 Å². The van der Waals surface area contributed by atoms with E-state index >= 15 is 0 Å². The smallest absolute Gasteiger partial charge is 0.421 e. The lowest BCUT2D eigenvalue weighted by atomic mass is 10.2. The Bertz CT molecular complexity index is 828. The largest absolute Gasteiger partial charge is 0.445 e. The fourth-order valence-electron chi connectivity index (χ4n) is 2.81. The number of nitrogens with zero attached hydrogens (tertiary/aromatic N) is 3. The minimum absolute atomic E-state index is 0.124. The van der Waals surface area contributed by atoms with Gasteiger partial charge in [-0.3, -0.25) is 0 Å². The Morgan fingerprint density at radius 3 is 2.66 bits per heavy atom. The van der Waals surface area contributed by atoms with Crippen molar-refractivity contribution in [3.05, 3.63) is 47.7 Å². The fraction of sp³-hybridized carbons (Fsp3) is 0.421. The van der Waals surface area contributed by atoms with Gasteiger partial charge in [-0.15, -0.1) is 0 Å². The zero-order valence-corrected chi connectivity index (χ0v) is 15.7. The van der Waals surface area contributed by atoms with Gasteiger partial charge in [0.25, 0.3) is 0 Å². The number of carbonyl (C=O) groups is 1. The second kappa shape index (κ2) is 8.97. The molecule has 0 unspecified atom stereocenters. The molecule has 3 N–H and O–H groups in total. The summed E-state index contributed by atoms with van der Waals surface area (Å²) < 4.78 is 44.5. The fourth-order valence-corrected chi connectivity index (χ4v) is 2.81. The number of benzene rings is 1. The van der Waals surface area contributed by atoms with Gasteiger partial charge < -0.3 is 20.7 Å². The number of carbonyl (C=O) groups excluding carboxylic acids is 1. The molecule has 3 rings (SSSR count). The van der Waals surface area contributed by atoms with Crippen LogP contribution < -0.4 is 11.1 Å². The normalized spacial score (nSPS) is 13.8.